The lowest BCUT2D eigenvalue weighted by Gasteiger charge is -2.09. The molecule has 1 aliphatic carbocycles. The molecule has 2 aromatic heterocycles. The zero-order chi connectivity index (χ0) is 11.7. The maximum atomic E-state index is 6.18. The first-order valence-corrected chi connectivity index (χ1v) is 6.77. The lowest BCUT2D eigenvalue weighted by Crippen LogP contribution is -2.13. The summed E-state index contributed by atoms with van der Waals surface area (Å²) in [6.07, 6.45) is 8.04. The smallest absolute Gasteiger partial charge is 0.0950 e. The molecule has 88 valence electrons. The molecule has 1 aliphatic rings. The summed E-state index contributed by atoms with van der Waals surface area (Å²) in [5.74, 6) is 0. The Morgan fingerprint density at radius 3 is 2.88 bits per heavy atom. The van der Waals surface area contributed by atoms with Gasteiger partial charge in [-0.15, -0.1) is 11.3 Å². The van der Waals surface area contributed by atoms with Crippen molar-refractivity contribution in [2.24, 2.45) is 5.73 Å². The zero-order valence-corrected chi connectivity index (χ0v) is 10.4. The quantitative estimate of drug-likeness (QED) is 0.902. The largest absolute Gasteiger partial charge is 0.324 e. The highest BCUT2D eigenvalue weighted by Crippen LogP contribution is 2.29. The predicted octanol–water partition coefficient (Wildman–Crippen LogP) is 2.27. The van der Waals surface area contributed by atoms with Crippen LogP contribution in [0.5, 0.6) is 0 Å². The number of rotatable bonds is 3. The normalized spacial score (nSPS) is 15.8. The molecule has 4 heteroatoms. The SMILES string of the molecule is NC(Cc1nc2c(s1)CCC2)c1ccncc1. The maximum absolute atomic E-state index is 6.18. The Morgan fingerprint density at radius 2 is 2.12 bits per heavy atom. The van der Waals surface area contributed by atoms with Crippen LogP contribution in [0.4, 0.5) is 0 Å². The van der Waals surface area contributed by atoms with Gasteiger partial charge in [0, 0.05) is 29.7 Å². The van der Waals surface area contributed by atoms with Crippen molar-refractivity contribution in [3.05, 3.63) is 45.7 Å². The van der Waals surface area contributed by atoms with Crippen molar-refractivity contribution in [3.63, 3.8) is 0 Å². The van der Waals surface area contributed by atoms with Gasteiger partial charge in [-0.05, 0) is 37.0 Å². The molecule has 2 heterocycles. The lowest BCUT2D eigenvalue weighted by molar-refractivity contribution is 0.713. The zero-order valence-electron chi connectivity index (χ0n) is 9.60. The average Bonchev–Trinajstić information content (AvgIpc) is 2.90. The molecular weight excluding hydrogens is 230 g/mol. The molecule has 2 aromatic rings. The molecule has 1 unspecified atom stereocenters. The van der Waals surface area contributed by atoms with E-state index in [0.29, 0.717) is 0 Å². The van der Waals surface area contributed by atoms with Crippen LogP contribution < -0.4 is 5.73 Å². The Morgan fingerprint density at radius 1 is 1.29 bits per heavy atom. The molecule has 1 atom stereocenters. The minimum Gasteiger partial charge on any atom is -0.324 e. The summed E-state index contributed by atoms with van der Waals surface area (Å²) >= 11 is 1.84. The molecular formula is C13H15N3S. The third-order valence-corrected chi connectivity index (χ3v) is 4.35. The van der Waals surface area contributed by atoms with Crippen molar-refractivity contribution in [3.8, 4) is 0 Å². The van der Waals surface area contributed by atoms with Gasteiger partial charge in [0.15, 0.2) is 0 Å². The minimum atomic E-state index is 0.0317. The van der Waals surface area contributed by atoms with E-state index in [-0.39, 0.29) is 6.04 Å². The van der Waals surface area contributed by atoms with Gasteiger partial charge < -0.3 is 5.73 Å². The number of fused-ring (bicyclic) bond motifs is 1. The van der Waals surface area contributed by atoms with Crippen molar-refractivity contribution in [1.82, 2.24) is 9.97 Å². The fourth-order valence-electron chi connectivity index (χ4n) is 2.25. The molecule has 0 saturated heterocycles. The Hall–Kier alpha value is -1.26. The standard InChI is InChI=1S/C13H15N3S/c14-10(9-4-6-15-7-5-9)8-13-16-11-2-1-3-12(11)17-13/h4-7,10H,1-3,8,14H2. The summed E-state index contributed by atoms with van der Waals surface area (Å²) in [6.45, 7) is 0. The number of hydrogen-bond donors (Lipinski definition) is 1. The van der Waals surface area contributed by atoms with Crippen LogP contribution in [0.3, 0.4) is 0 Å². The first kappa shape index (κ1) is 10.9. The van der Waals surface area contributed by atoms with Crippen LogP contribution in [-0.4, -0.2) is 9.97 Å². The van der Waals surface area contributed by atoms with Crippen LogP contribution >= 0.6 is 11.3 Å². The highest BCUT2D eigenvalue weighted by atomic mass is 32.1. The van der Waals surface area contributed by atoms with Gasteiger partial charge in [0.2, 0.25) is 0 Å². The molecule has 0 fully saturated rings. The third-order valence-electron chi connectivity index (χ3n) is 3.17. The lowest BCUT2D eigenvalue weighted by atomic mass is 10.1. The number of thiazole rings is 1. The van der Waals surface area contributed by atoms with Crippen LogP contribution in [0, 0.1) is 0 Å². The van der Waals surface area contributed by atoms with Gasteiger partial charge in [-0.2, -0.15) is 0 Å². The topological polar surface area (TPSA) is 51.8 Å². The maximum Gasteiger partial charge on any atom is 0.0950 e. The first-order valence-electron chi connectivity index (χ1n) is 5.96. The van der Waals surface area contributed by atoms with Gasteiger partial charge in [-0.3, -0.25) is 4.98 Å². The Bertz CT molecular complexity index is 485. The molecule has 0 aromatic carbocycles. The van der Waals surface area contributed by atoms with E-state index in [1.807, 2.05) is 23.5 Å². The molecule has 17 heavy (non-hydrogen) atoms. The molecule has 0 amide bonds. The van der Waals surface area contributed by atoms with Crippen LogP contribution in [-0.2, 0) is 19.3 Å². The van der Waals surface area contributed by atoms with Gasteiger partial charge in [0.25, 0.3) is 0 Å². The number of pyridine rings is 1. The van der Waals surface area contributed by atoms with E-state index in [1.165, 1.54) is 28.4 Å². The third kappa shape index (κ3) is 2.23. The van der Waals surface area contributed by atoms with E-state index < -0.39 is 0 Å². The van der Waals surface area contributed by atoms with E-state index in [9.17, 15) is 0 Å². The van der Waals surface area contributed by atoms with E-state index in [4.69, 9.17) is 5.73 Å². The molecule has 0 bridgehead atoms. The van der Waals surface area contributed by atoms with Crippen molar-refractivity contribution in [2.75, 3.05) is 0 Å². The number of nitrogens with two attached hydrogens (primary N) is 1. The summed E-state index contributed by atoms with van der Waals surface area (Å²) in [4.78, 5) is 10.2. The van der Waals surface area contributed by atoms with Gasteiger partial charge >= 0.3 is 0 Å². The van der Waals surface area contributed by atoms with Crippen molar-refractivity contribution < 1.29 is 0 Å². The van der Waals surface area contributed by atoms with Gasteiger partial charge in [-0.1, -0.05) is 0 Å². The highest BCUT2D eigenvalue weighted by Gasteiger charge is 2.18. The number of hydrogen-bond acceptors (Lipinski definition) is 4. The Kier molecular flexibility index (Phi) is 2.91. The number of aryl methyl sites for hydroxylation is 2. The molecule has 0 aliphatic heterocycles. The first-order chi connectivity index (χ1) is 8.33. The Balaban J connectivity index is 1.74. The fourth-order valence-corrected chi connectivity index (χ4v) is 3.46. The van der Waals surface area contributed by atoms with Crippen LogP contribution in [0.1, 0.15) is 33.6 Å². The second-order valence-corrected chi connectivity index (χ2v) is 5.59. The van der Waals surface area contributed by atoms with E-state index in [1.54, 1.807) is 12.4 Å². The van der Waals surface area contributed by atoms with Crippen LogP contribution in [0.25, 0.3) is 0 Å². The Labute approximate surface area is 105 Å². The van der Waals surface area contributed by atoms with Crippen molar-refractivity contribution in [1.29, 1.82) is 0 Å². The molecule has 3 nitrogen and oxygen atoms in total. The van der Waals surface area contributed by atoms with Crippen molar-refractivity contribution in [2.45, 2.75) is 31.7 Å². The van der Waals surface area contributed by atoms with Gasteiger partial charge in [0.1, 0.15) is 0 Å². The molecule has 0 saturated carbocycles. The van der Waals surface area contributed by atoms with Gasteiger partial charge in [0.05, 0.1) is 10.7 Å². The second-order valence-electron chi connectivity index (χ2n) is 4.42. The summed E-state index contributed by atoms with van der Waals surface area (Å²) < 4.78 is 0. The summed E-state index contributed by atoms with van der Waals surface area (Å²) in [7, 11) is 0. The monoisotopic (exact) mass is 245 g/mol. The fraction of sp³-hybridized carbons (Fsp3) is 0.385. The summed E-state index contributed by atoms with van der Waals surface area (Å²) in [5, 5.41) is 1.18. The molecule has 0 spiro atoms. The van der Waals surface area contributed by atoms with E-state index in [0.717, 1.165) is 18.4 Å². The number of aromatic nitrogens is 2. The summed E-state index contributed by atoms with van der Waals surface area (Å²) in [5.41, 5.74) is 8.63. The minimum absolute atomic E-state index is 0.0317. The average molecular weight is 245 g/mol. The molecule has 0 radical (unpaired) electrons. The summed E-state index contributed by atoms with van der Waals surface area (Å²) in [6, 6.07) is 3.99. The van der Waals surface area contributed by atoms with Crippen LogP contribution in [0.2, 0.25) is 0 Å². The second kappa shape index (κ2) is 4.55. The molecule has 2 N–H and O–H groups in total. The van der Waals surface area contributed by atoms with Gasteiger partial charge in [-0.25, -0.2) is 4.98 Å². The highest BCUT2D eigenvalue weighted by molar-refractivity contribution is 7.11. The molecule has 3 rings (SSSR count). The van der Waals surface area contributed by atoms with Crippen molar-refractivity contribution >= 4 is 11.3 Å². The number of nitrogens with zero attached hydrogens (tertiary/aromatic N) is 2. The van der Waals surface area contributed by atoms with Crippen LogP contribution in [0.15, 0.2) is 24.5 Å². The predicted molar refractivity (Wildman–Crippen MR) is 69.0 cm³/mol. The van der Waals surface area contributed by atoms with E-state index >= 15 is 0 Å². The van der Waals surface area contributed by atoms with E-state index in [2.05, 4.69) is 9.97 Å².